The number of aromatic hydroxyl groups is 1. The van der Waals surface area contributed by atoms with E-state index >= 15 is 0 Å². The molecule has 0 atom stereocenters. The number of phenolic OH excluding ortho intramolecular Hbond substituents is 1. The van der Waals surface area contributed by atoms with E-state index in [1.165, 1.54) is 12.1 Å². The van der Waals surface area contributed by atoms with Crippen LogP contribution >= 0.6 is 0 Å². The van der Waals surface area contributed by atoms with Crippen LogP contribution in [-0.2, 0) is 0 Å². The minimum atomic E-state index is -0.280. The van der Waals surface area contributed by atoms with E-state index < -0.39 is 0 Å². The molecule has 0 aromatic heterocycles. The highest BCUT2D eigenvalue weighted by molar-refractivity contribution is 6.08. The number of hydrogen-bond donors (Lipinski definition) is 1. The van der Waals surface area contributed by atoms with Crippen molar-refractivity contribution in [2.75, 3.05) is 14.2 Å². The Morgan fingerprint density at radius 3 is 2.48 bits per heavy atom. The van der Waals surface area contributed by atoms with E-state index in [-0.39, 0.29) is 17.1 Å². The lowest BCUT2D eigenvalue weighted by Crippen LogP contribution is -1.95. The first kappa shape index (κ1) is 14.7. The van der Waals surface area contributed by atoms with Crippen molar-refractivity contribution in [2.24, 2.45) is 0 Å². The first-order valence-electron chi connectivity index (χ1n) is 6.38. The van der Waals surface area contributed by atoms with Crippen LogP contribution in [-0.4, -0.2) is 25.1 Å². The summed E-state index contributed by atoms with van der Waals surface area (Å²) < 4.78 is 10.5. The summed E-state index contributed by atoms with van der Waals surface area (Å²) in [5, 5.41) is 9.66. The molecule has 4 heteroatoms. The standard InChI is InChI=1S/C17H16O4/c1-20-16-9-5-6-12(17(16)21-2)10-11-15(19)13-7-3-4-8-14(13)18/h3-11,18H,1-2H3. The Hall–Kier alpha value is -2.75. The number of rotatable bonds is 5. The van der Waals surface area contributed by atoms with Gasteiger partial charge in [0.1, 0.15) is 5.75 Å². The van der Waals surface area contributed by atoms with Gasteiger partial charge in [-0.05, 0) is 30.4 Å². The molecule has 0 spiro atoms. The van der Waals surface area contributed by atoms with Crippen LogP contribution in [0.3, 0.4) is 0 Å². The quantitative estimate of drug-likeness (QED) is 0.676. The van der Waals surface area contributed by atoms with Gasteiger partial charge < -0.3 is 14.6 Å². The van der Waals surface area contributed by atoms with E-state index in [9.17, 15) is 9.90 Å². The number of methoxy groups -OCH3 is 2. The Labute approximate surface area is 123 Å². The molecule has 0 aliphatic heterocycles. The van der Waals surface area contributed by atoms with E-state index in [4.69, 9.17) is 9.47 Å². The zero-order valence-electron chi connectivity index (χ0n) is 11.9. The summed E-state index contributed by atoms with van der Waals surface area (Å²) in [6.07, 6.45) is 3.03. The van der Waals surface area contributed by atoms with Gasteiger partial charge >= 0.3 is 0 Å². The van der Waals surface area contributed by atoms with Gasteiger partial charge in [-0.1, -0.05) is 24.3 Å². The molecule has 0 amide bonds. The molecule has 0 aliphatic carbocycles. The topological polar surface area (TPSA) is 55.8 Å². The minimum Gasteiger partial charge on any atom is -0.507 e. The lowest BCUT2D eigenvalue weighted by atomic mass is 10.1. The highest BCUT2D eigenvalue weighted by atomic mass is 16.5. The highest BCUT2D eigenvalue weighted by Crippen LogP contribution is 2.31. The lowest BCUT2D eigenvalue weighted by Gasteiger charge is -2.09. The van der Waals surface area contributed by atoms with Crippen molar-refractivity contribution in [3.63, 3.8) is 0 Å². The van der Waals surface area contributed by atoms with Gasteiger partial charge in [0, 0.05) is 5.56 Å². The van der Waals surface area contributed by atoms with Gasteiger partial charge in [0.25, 0.3) is 0 Å². The number of para-hydroxylation sites is 2. The Bertz CT molecular complexity index is 674. The fourth-order valence-corrected chi connectivity index (χ4v) is 1.98. The van der Waals surface area contributed by atoms with Crippen LogP contribution in [0.2, 0.25) is 0 Å². The van der Waals surface area contributed by atoms with E-state index in [2.05, 4.69) is 0 Å². The monoisotopic (exact) mass is 284 g/mol. The maximum atomic E-state index is 12.1. The molecule has 21 heavy (non-hydrogen) atoms. The van der Waals surface area contributed by atoms with Crippen molar-refractivity contribution in [1.29, 1.82) is 0 Å². The van der Waals surface area contributed by atoms with Gasteiger partial charge in [-0.3, -0.25) is 4.79 Å². The predicted octanol–water partition coefficient (Wildman–Crippen LogP) is 3.31. The van der Waals surface area contributed by atoms with E-state index in [1.807, 2.05) is 12.1 Å². The zero-order valence-corrected chi connectivity index (χ0v) is 11.9. The van der Waals surface area contributed by atoms with Gasteiger partial charge in [-0.25, -0.2) is 0 Å². The van der Waals surface area contributed by atoms with Crippen LogP contribution in [0.5, 0.6) is 17.2 Å². The molecule has 0 bridgehead atoms. The van der Waals surface area contributed by atoms with Crippen molar-refractivity contribution >= 4 is 11.9 Å². The number of carbonyl (C=O) groups is 1. The summed E-state index contributed by atoms with van der Waals surface area (Å²) >= 11 is 0. The van der Waals surface area contributed by atoms with Gasteiger partial charge in [-0.15, -0.1) is 0 Å². The molecule has 2 aromatic carbocycles. The van der Waals surface area contributed by atoms with Gasteiger partial charge in [0.2, 0.25) is 0 Å². The minimum absolute atomic E-state index is 0.0373. The summed E-state index contributed by atoms with van der Waals surface area (Å²) in [5.74, 6) is 0.832. The predicted molar refractivity (Wildman–Crippen MR) is 81.0 cm³/mol. The molecule has 2 aromatic rings. The Balaban J connectivity index is 2.30. The third kappa shape index (κ3) is 3.23. The Morgan fingerprint density at radius 2 is 1.81 bits per heavy atom. The summed E-state index contributed by atoms with van der Waals surface area (Å²) in [7, 11) is 3.10. The maximum absolute atomic E-state index is 12.1. The number of allylic oxidation sites excluding steroid dienone is 1. The molecule has 4 nitrogen and oxygen atoms in total. The van der Waals surface area contributed by atoms with Gasteiger partial charge in [0.05, 0.1) is 19.8 Å². The maximum Gasteiger partial charge on any atom is 0.189 e. The molecular formula is C17H16O4. The molecule has 108 valence electrons. The SMILES string of the molecule is COc1cccc(C=CC(=O)c2ccccc2O)c1OC. The number of carbonyl (C=O) groups excluding carboxylic acids is 1. The molecular weight excluding hydrogens is 268 g/mol. The summed E-state index contributed by atoms with van der Waals surface area (Å²) in [4.78, 5) is 12.1. The van der Waals surface area contributed by atoms with Crippen LogP contribution in [0.1, 0.15) is 15.9 Å². The van der Waals surface area contributed by atoms with E-state index in [0.29, 0.717) is 11.5 Å². The molecule has 0 saturated carbocycles. The van der Waals surface area contributed by atoms with Gasteiger partial charge in [-0.2, -0.15) is 0 Å². The Kier molecular flexibility index (Phi) is 4.61. The van der Waals surface area contributed by atoms with Crippen LogP contribution in [0.4, 0.5) is 0 Å². The number of hydrogen-bond acceptors (Lipinski definition) is 4. The average molecular weight is 284 g/mol. The number of ketones is 1. The normalized spacial score (nSPS) is 10.6. The van der Waals surface area contributed by atoms with Crippen molar-refractivity contribution in [1.82, 2.24) is 0 Å². The summed E-state index contributed by atoms with van der Waals surface area (Å²) in [6, 6.07) is 11.8. The van der Waals surface area contributed by atoms with Crippen LogP contribution in [0, 0.1) is 0 Å². The first-order chi connectivity index (χ1) is 10.2. The van der Waals surface area contributed by atoms with Crippen molar-refractivity contribution in [2.45, 2.75) is 0 Å². The van der Waals surface area contributed by atoms with Crippen molar-refractivity contribution in [3.8, 4) is 17.2 Å². The third-order valence-corrected chi connectivity index (χ3v) is 3.02. The lowest BCUT2D eigenvalue weighted by molar-refractivity contribution is 0.104. The molecule has 0 fully saturated rings. The van der Waals surface area contributed by atoms with E-state index in [0.717, 1.165) is 5.56 Å². The molecule has 0 heterocycles. The number of benzene rings is 2. The summed E-state index contributed by atoms with van der Waals surface area (Å²) in [6.45, 7) is 0. The van der Waals surface area contributed by atoms with Crippen LogP contribution in [0.15, 0.2) is 48.5 Å². The molecule has 1 N–H and O–H groups in total. The fraction of sp³-hybridized carbons (Fsp3) is 0.118. The molecule has 0 aliphatic rings. The summed E-state index contributed by atoms with van der Waals surface area (Å²) in [5.41, 5.74) is 0.983. The fourth-order valence-electron chi connectivity index (χ4n) is 1.98. The number of phenols is 1. The second-order valence-corrected chi connectivity index (χ2v) is 4.30. The molecule has 0 radical (unpaired) electrons. The van der Waals surface area contributed by atoms with Crippen LogP contribution in [0.25, 0.3) is 6.08 Å². The van der Waals surface area contributed by atoms with Crippen molar-refractivity contribution < 1.29 is 19.4 Å². The zero-order chi connectivity index (χ0) is 15.2. The number of ether oxygens (including phenoxy) is 2. The van der Waals surface area contributed by atoms with Crippen LogP contribution < -0.4 is 9.47 Å². The van der Waals surface area contributed by atoms with E-state index in [1.54, 1.807) is 44.6 Å². The second-order valence-electron chi connectivity index (χ2n) is 4.30. The first-order valence-corrected chi connectivity index (χ1v) is 6.38. The third-order valence-electron chi connectivity index (χ3n) is 3.02. The highest BCUT2D eigenvalue weighted by Gasteiger charge is 2.09. The molecule has 2 rings (SSSR count). The van der Waals surface area contributed by atoms with Crippen molar-refractivity contribution in [3.05, 3.63) is 59.7 Å². The van der Waals surface area contributed by atoms with Gasteiger partial charge in [0.15, 0.2) is 17.3 Å². The smallest absolute Gasteiger partial charge is 0.189 e. The molecule has 0 unspecified atom stereocenters. The molecule has 0 saturated heterocycles. The Morgan fingerprint density at radius 1 is 1.05 bits per heavy atom. The largest absolute Gasteiger partial charge is 0.507 e. The second kappa shape index (κ2) is 6.61. The average Bonchev–Trinajstić information content (AvgIpc) is 2.52.